The van der Waals surface area contributed by atoms with E-state index in [1.54, 1.807) is 0 Å². The third kappa shape index (κ3) is 27.3. The molecule has 8 N–H and O–H groups in total. The number of ether oxygens (including phenoxy) is 4. The van der Waals surface area contributed by atoms with E-state index in [2.05, 4.69) is 18.1 Å². The Bertz CT molecular complexity index is 705. The van der Waals surface area contributed by atoms with E-state index < -0.39 is 69.9 Å². The van der Waals surface area contributed by atoms with Crippen molar-refractivity contribution in [1.29, 1.82) is 0 Å². The van der Waals surface area contributed by atoms with Gasteiger partial charge >= 0.3 is 31.3 Å². The van der Waals surface area contributed by atoms with E-state index in [0.29, 0.717) is 0 Å². The highest BCUT2D eigenvalue weighted by Crippen LogP contribution is 2.41. The Morgan fingerprint density at radius 1 is 0.417 bits per heavy atom. The van der Waals surface area contributed by atoms with Crippen LogP contribution in [0.15, 0.2) is 0 Å². The molecular formula is C12H30O20P4. The quantitative estimate of drug-likeness (QED) is 0.0464. The molecule has 0 heterocycles. The highest BCUT2D eigenvalue weighted by Gasteiger charge is 2.27. The lowest BCUT2D eigenvalue weighted by Gasteiger charge is -2.18. The molecule has 2 atom stereocenters. The van der Waals surface area contributed by atoms with Gasteiger partial charge in [-0.25, -0.2) is 18.3 Å². The first-order valence-corrected chi connectivity index (χ1v) is 15.7. The van der Waals surface area contributed by atoms with Crippen LogP contribution >= 0.6 is 31.3 Å². The van der Waals surface area contributed by atoms with Gasteiger partial charge in [-0.3, -0.25) is 18.1 Å². The second-order valence-electron chi connectivity index (χ2n) is 6.38. The molecule has 0 aromatic carbocycles. The standard InChI is InChI=1S/C12H30O20P4/c13-33(14,15)29-9-11(31-35(19,20)21)7-27-5-3-25-1-2-26-4-6-28-8-12(32-36(22,23)24)10-30-34(16,17)18/h11-12H,1-10H2,(H2,13,14,15)(H2,16,17,18)(H2,19,20,21)(H2,22,23,24). The highest BCUT2D eigenvalue weighted by atomic mass is 31.2. The maximum Gasteiger partial charge on any atom is 0.470 e. The largest absolute Gasteiger partial charge is 0.470 e. The van der Waals surface area contributed by atoms with Gasteiger partial charge in [0.05, 0.1) is 66.1 Å². The van der Waals surface area contributed by atoms with Crippen molar-refractivity contribution in [3.63, 3.8) is 0 Å². The molecule has 24 heteroatoms. The summed E-state index contributed by atoms with van der Waals surface area (Å²) in [5, 5.41) is 0. The van der Waals surface area contributed by atoms with Crippen LogP contribution in [-0.4, -0.2) is 117 Å². The minimum Gasteiger partial charge on any atom is -0.377 e. The van der Waals surface area contributed by atoms with Crippen molar-refractivity contribution in [2.24, 2.45) is 0 Å². The van der Waals surface area contributed by atoms with Crippen LogP contribution in [0.1, 0.15) is 0 Å². The smallest absolute Gasteiger partial charge is 0.377 e. The Labute approximate surface area is 204 Å². The van der Waals surface area contributed by atoms with E-state index in [0.717, 1.165) is 0 Å². The summed E-state index contributed by atoms with van der Waals surface area (Å²) in [5.41, 5.74) is 0. The van der Waals surface area contributed by atoms with Crippen LogP contribution in [0, 0.1) is 0 Å². The molecule has 0 fully saturated rings. The molecule has 0 aliphatic carbocycles. The number of phosphoric acid groups is 4. The minimum atomic E-state index is -4.96. The zero-order chi connectivity index (χ0) is 27.9. The fourth-order valence-electron chi connectivity index (χ4n) is 1.95. The summed E-state index contributed by atoms with van der Waals surface area (Å²) in [6, 6.07) is 0. The Balaban J connectivity index is 3.94. The fraction of sp³-hybridized carbons (Fsp3) is 1.00. The normalized spacial score (nSPS) is 15.2. The molecular weight excluding hydrogens is 588 g/mol. The second-order valence-corrected chi connectivity index (χ2v) is 11.2. The minimum absolute atomic E-state index is 0.0167. The van der Waals surface area contributed by atoms with Gasteiger partial charge in [0, 0.05) is 0 Å². The third-order valence-corrected chi connectivity index (χ3v) is 5.27. The number of phosphoric ester groups is 4. The van der Waals surface area contributed by atoms with Crippen molar-refractivity contribution < 1.29 is 94.4 Å². The van der Waals surface area contributed by atoms with Crippen molar-refractivity contribution in [3.8, 4) is 0 Å². The summed E-state index contributed by atoms with van der Waals surface area (Å²) in [4.78, 5) is 69.7. The van der Waals surface area contributed by atoms with Gasteiger partial charge in [0.2, 0.25) is 0 Å². The SMILES string of the molecule is O=P(O)(O)OCC(COCCOCCOCCOCC(COP(=O)(O)O)OP(=O)(O)O)OP(=O)(O)O. The molecule has 0 aromatic heterocycles. The van der Waals surface area contributed by atoms with E-state index in [-0.39, 0.29) is 39.6 Å². The van der Waals surface area contributed by atoms with E-state index in [9.17, 15) is 18.3 Å². The van der Waals surface area contributed by atoms with Crippen LogP contribution in [0.25, 0.3) is 0 Å². The lowest BCUT2D eigenvalue weighted by Crippen LogP contribution is -2.25. The molecule has 0 amide bonds. The zero-order valence-corrected chi connectivity index (χ0v) is 22.1. The molecule has 36 heavy (non-hydrogen) atoms. The van der Waals surface area contributed by atoms with Crippen LogP contribution in [-0.2, 0) is 55.3 Å². The summed E-state index contributed by atoms with van der Waals surface area (Å²) in [5.74, 6) is 0. The molecule has 0 spiro atoms. The van der Waals surface area contributed by atoms with Gasteiger partial charge in [0.25, 0.3) is 0 Å². The summed E-state index contributed by atoms with van der Waals surface area (Å²) >= 11 is 0. The Morgan fingerprint density at radius 3 is 0.944 bits per heavy atom. The average molecular weight is 618 g/mol. The van der Waals surface area contributed by atoms with Gasteiger partial charge in [0.15, 0.2) is 0 Å². The van der Waals surface area contributed by atoms with Crippen molar-refractivity contribution in [2.45, 2.75) is 12.2 Å². The second kappa shape index (κ2) is 17.8. The molecule has 218 valence electrons. The Hall–Kier alpha value is 0.280. The number of hydrogen-bond donors (Lipinski definition) is 8. The molecule has 0 bridgehead atoms. The van der Waals surface area contributed by atoms with Crippen molar-refractivity contribution in [3.05, 3.63) is 0 Å². The lowest BCUT2D eigenvalue weighted by molar-refractivity contribution is -0.0337. The maximum atomic E-state index is 10.9. The van der Waals surface area contributed by atoms with Crippen molar-refractivity contribution in [1.82, 2.24) is 0 Å². The summed E-state index contributed by atoms with van der Waals surface area (Å²) in [6.45, 7) is -2.53. The summed E-state index contributed by atoms with van der Waals surface area (Å²) in [6.07, 6.45) is -2.92. The molecule has 0 saturated heterocycles. The predicted octanol–water partition coefficient (Wildman–Crippen LogP) is -1.77. The number of rotatable bonds is 23. The van der Waals surface area contributed by atoms with Crippen LogP contribution in [0.4, 0.5) is 0 Å². The maximum absolute atomic E-state index is 10.9. The molecule has 0 radical (unpaired) electrons. The molecule has 0 aliphatic rings. The van der Waals surface area contributed by atoms with Crippen LogP contribution in [0.3, 0.4) is 0 Å². The molecule has 0 aliphatic heterocycles. The Kier molecular flexibility index (Phi) is 17.9. The van der Waals surface area contributed by atoms with E-state index in [1.807, 2.05) is 0 Å². The van der Waals surface area contributed by atoms with Crippen LogP contribution < -0.4 is 0 Å². The van der Waals surface area contributed by atoms with Crippen molar-refractivity contribution >= 4 is 31.3 Å². The first-order chi connectivity index (χ1) is 16.4. The molecule has 20 nitrogen and oxygen atoms in total. The summed E-state index contributed by atoms with van der Waals surface area (Å²) in [7, 11) is -19.7. The number of hydrogen-bond acceptors (Lipinski definition) is 12. The monoisotopic (exact) mass is 618 g/mol. The van der Waals surface area contributed by atoms with Gasteiger partial charge in [-0.1, -0.05) is 0 Å². The topological polar surface area (TPSA) is 304 Å². The fourth-order valence-corrected chi connectivity index (χ4v) is 3.70. The van der Waals surface area contributed by atoms with Gasteiger partial charge in [0.1, 0.15) is 12.2 Å². The first kappa shape index (κ1) is 36.3. The average Bonchev–Trinajstić information content (AvgIpc) is 2.67. The Morgan fingerprint density at radius 2 is 0.694 bits per heavy atom. The predicted molar refractivity (Wildman–Crippen MR) is 113 cm³/mol. The van der Waals surface area contributed by atoms with Crippen LogP contribution in [0.2, 0.25) is 0 Å². The first-order valence-electron chi connectivity index (χ1n) is 9.55. The molecule has 0 aromatic rings. The van der Waals surface area contributed by atoms with E-state index >= 15 is 0 Å². The zero-order valence-electron chi connectivity index (χ0n) is 18.5. The van der Waals surface area contributed by atoms with Crippen molar-refractivity contribution in [2.75, 3.05) is 66.1 Å². The molecule has 0 rings (SSSR count). The summed E-state index contributed by atoms with van der Waals surface area (Å²) < 4.78 is 80.4. The van der Waals surface area contributed by atoms with E-state index in [1.165, 1.54) is 0 Å². The van der Waals surface area contributed by atoms with Gasteiger partial charge in [-0.2, -0.15) is 0 Å². The third-order valence-electron chi connectivity index (χ3n) is 3.15. The van der Waals surface area contributed by atoms with E-state index in [4.69, 9.17) is 58.1 Å². The lowest BCUT2D eigenvalue weighted by atomic mass is 10.4. The molecule has 0 saturated carbocycles. The highest BCUT2D eigenvalue weighted by molar-refractivity contribution is 7.47. The molecule has 2 unspecified atom stereocenters. The van der Waals surface area contributed by atoms with Gasteiger partial charge < -0.3 is 58.1 Å². The van der Waals surface area contributed by atoms with Crippen LogP contribution in [0.5, 0.6) is 0 Å². The van der Waals surface area contributed by atoms with Gasteiger partial charge in [-0.15, -0.1) is 0 Å². The van der Waals surface area contributed by atoms with Gasteiger partial charge in [-0.05, 0) is 0 Å².